The molecule has 0 atom stereocenters. The molecule has 3 heterocycles. The molecule has 0 aliphatic carbocycles. The average molecular weight is 445 g/mol. The van der Waals surface area contributed by atoms with Gasteiger partial charge in [0, 0.05) is 24.8 Å². The summed E-state index contributed by atoms with van der Waals surface area (Å²) < 4.78 is 43.3. The number of anilines is 1. The van der Waals surface area contributed by atoms with Crippen molar-refractivity contribution in [2.75, 3.05) is 18.4 Å². The Kier molecular flexibility index (Phi) is 6.26. The molecule has 164 valence electrons. The molecule has 0 unspecified atom stereocenters. The summed E-state index contributed by atoms with van der Waals surface area (Å²) in [5.74, 6) is 0.379. The van der Waals surface area contributed by atoms with Crippen LogP contribution in [0.2, 0.25) is 0 Å². The summed E-state index contributed by atoms with van der Waals surface area (Å²) in [5.41, 5.74) is 1.43. The molecule has 3 aromatic rings. The van der Waals surface area contributed by atoms with Crippen LogP contribution in [-0.4, -0.2) is 31.7 Å². The number of hydrogen-bond donors (Lipinski definition) is 1. The summed E-state index contributed by atoms with van der Waals surface area (Å²) in [6.07, 6.45) is 3.27. The largest absolute Gasteiger partial charge is 0.467 e. The number of furan rings is 2. The molecule has 1 aromatic carbocycles. The SMILES string of the molecule is Cc1oc(C(=O)Nc2cccc(COCc3ccco3)c2)cc1S(=O)(=O)N1CCCC1. The van der Waals surface area contributed by atoms with Crippen LogP contribution in [0.1, 0.15) is 40.5 Å². The predicted octanol–water partition coefficient (Wildman–Crippen LogP) is 3.93. The number of nitrogens with zero attached hydrogens (tertiary/aromatic N) is 1. The van der Waals surface area contributed by atoms with Gasteiger partial charge < -0.3 is 18.9 Å². The minimum Gasteiger partial charge on any atom is -0.467 e. The number of ether oxygens (including phenoxy) is 1. The van der Waals surface area contributed by atoms with E-state index >= 15 is 0 Å². The fraction of sp³-hybridized carbons (Fsp3) is 0.318. The summed E-state index contributed by atoms with van der Waals surface area (Å²) >= 11 is 0. The Labute approximate surface area is 180 Å². The summed E-state index contributed by atoms with van der Waals surface area (Å²) in [6, 6.07) is 12.2. The van der Waals surface area contributed by atoms with Crippen molar-refractivity contribution in [3.8, 4) is 0 Å². The zero-order valence-corrected chi connectivity index (χ0v) is 18.0. The first kappa shape index (κ1) is 21.4. The van der Waals surface area contributed by atoms with Gasteiger partial charge in [-0.1, -0.05) is 12.1 Å². The molecule has 1 fully saturated rings. The van der Waals surface area contributed by atoms with Gasteiger partial charge in [0.05, 0.1) is 12.9 Å². The lowest BCUT2D eigenvalue weighted by Gasteiger charge is -2.14. The second-order valence-electron chi connectivity index (χ2n) is 7.37. The van der Waals surface area contributed by atoms with Crippen LogP contribution in [0.15, 0.2) is 62.5 Å². The van der Waals surface area contributed by atoms with E-state index in [9.17, 15) is 13.2 Å². The van der Waals surface area contributed by atoms with Crippen LogP contribution in [0.5, 0.6) is 0 Å². The zero-order chi connectivity index (χ0) is 21.8. The second-order valence-corrected chi connectivity index (χ2v) is 9.28. The van der Waals surface area contributed by atoms with E-state index in [1.54, 1.807) is 37.5 Å². The molecule has 2 aromatic heterocycles. The Morgan fingerprint density at radius 3 is 2.68 bits per heavy atom. The third-order valence-electron chi connectivity index (χ3n) is 5.06. The Bertz CT molecular complexity index is 1140. The van der Waals surface area contributed by atoms with Crippen LogP contribution in [0.25, 0.3) is 0 Å². The van der Waals surface area contributed by atoms with E-state index in [0.29, 0.717) is 32.0 Å². The number of amides is 1. The van der Waals surface area contributed by atoms with Gasteiger partial charge in [-0.25, -0.2) is 8.42 Å². The molecule has 1 amide bonds. The number of sulfonamides is 1. The van der Waals surface area contributed by atoms with Crippen molar-refractivity contribution in [2.45, 2.75) is 37.9 Å². The maximum Gasteiger partial charge on any atom is 0.291 e. The van der Waals surface area contributed by atoms with E-state index in [2.05, 4.69) is 5.32 Å². The zero-order valence-electron chi connectivity index (χ0n) is 17.2. The fourth-order valence-corrected chi connectivity index (χ4v) is 5.17. The molecule has 0 radical (unpaired) electrons. The summed E-state index contributed by atoms with van der Waals surface area (Å²) in [6.45, 7) is 3.23. The van der Waals surface area contributed by atoms with E-state index in [1.165, 1.54) is 10.4 Å². The molecular weight excluding hydrogens is 420 g/mol. The van der Waals surface area contributed by atoms with Gasteiger partial charge in [0.25, 0.3) is 5.91 Å². The first-order valence-corrected chi connectivity index (χ1v) is 11.5. The van der Waals surface area contributed by atoms with Gasteiger partial charge in [0.1, 0.15) is 23.0 Å². The van der Waals surface area contributed by atoms with Crippen molar-refractivity contribution in [1.82, 2.24) is 4.31 Å². The molecule has 1 N–H and O–H groups in total. The van der Waals surface area contributed by atoms with Crippen LogP contribution >= 0.6 is 0 Å². The summed E-state index contributed by atoms with van der Waals surface area (Å²) in [4.78, 5) is 12.7. The monoisotopic (exact) mass is 444 g/mol. The molecule has 9 heteroatoms. The highest BCUT2D eigenvalue weighted by molar-refractivity contribution is 7.89. The highest BCUT2D eigenvalue weighted by atomic mass is 32.2. The Hall–Kier alpha value is -2.88. The smallest absolute Gasteiger partial charge is 0.291 e. The molecule has 1 aliphatic rings. The predicted molar refractivity (Wildman–Crippen MR) is 113 cm³/mol. The number of carbonyl (C=O) groups excluding carboxylic acids is 1. The Morgan fingerprint density at radius 2 is 1.94 bits per heavy atom. The molecule has 1 aliphatic heterocycles. The van der Waals surface area contributed by atoms with E-state index < -0.39 is 15.9 Å². The van der Waals surface area contributed by atoms with Gasteiger partial charge in [-0.05, 0) is 49.6 Å². The minimum atomic E-state index is -3.66. The third-order valence-corrected chi connectivity index (χ3v) is 7.06. The van der Waals surface area contributed by atoms with Crippen molar-refractivity contribution >= 4 is 21.6 Å². The topological polar surface area (TPSA) is 102 Å². The molecule has 0 spiro atoms. The average Bonchev–Trinajstić information content (AvgIpc) is 3.50. The van der Waals surface area contributed by atoms with Crippen molar-refractivity contribution in [2.24, 2.45) is 0 Å². The van der Waals surface area contributed by atoms with Gasteiger partial charge in [0.2, 0.25) is 10.0 Å². The molecule has 31 heavy (non-hydrogen) atoms. The lowest BCUT2D eigenvalue weighted by Crippen LogP contribution is -2.28. The van der Waals surface area contributed by atoms with Crippen LogP contribution in [0.4, 0.5) is 5.69 Å². The number of carbonyl (C=O) groups is 1. The van der Waals surface area contributed by atoms with Crippen LogP contribution in [0.3, 0.4) is 0 Å². The number of rotatable bonds is 8. The molecule has 8 nitrogen and oxygen atoms in total. The van der Waals surface area contributed by atoms with Crippen molar-refractivity contribution in [3.63, 3.8) is 0 Å². The molecule has 0 saturated carbocycles. The van der Waals surface area contributed by atoms with Gasteiger partial charge in [-0.2, -0.15) is 4.31 Å². The fourth-order valence-electron chi connectivity index (χ4n) is 3.50. The Balaban J connectivity index is 1.41. The summed E-state index contributed by atoms with van der Waals surface area (Å²) in [5, 5.41) is 2.75. The van der Waals surface area contributed by atoms with Gasteiger partial charge in [-0.3, -0.25) is 4.79 Å². The number of hydrogen-bond acceptors (Lipinski definition) is 6. The highest BCUT2D eigenvalue weighted by Crippen LogP contribution is 2.27. The van der Waals surface area contributed by atoms with Gasteiger partial charge in [0.15, 0.2) is 5.76 Å². The molecule has 1 saturated heterocycles. The molecule has 4 rings (SSSR count). The molecule has 0 bridgehead atoms. The highest BCUT2D eigenvalue weighted by Gasteiger charge is 2.31. The van der Waals surface area contributed by atoms with Gasteiger partial charge in [-0.15, -0.1) is 0 Å². The van der Waals surface area contributed by atoms with E-state index in [4.69, 9.17) is 13.6 Å². The van der Waals surface area contributed by atoms with Crippen molar-refractivity contribution in [3.05, 3.63) is 71.6 Å². The number of benzene rings is 1. The lowest BCUT2D eigenvalue weighted by molar-refractivity contribution is 0.0929. The number of aryl methyl sites for hydroxylation is 1. The van der Waals surface area contributed by atoms with E-state index in [-0.39, 0.29) is 16.4 Å². The maximum atomic E-state index is 12.8. The van der Waals surface area contributed by atoms with Gasteiger partial charge >= 0.3 is 0 Å². The van der Waals surface area contributed by atoms with Crippen molar-refractivity contribution in [1.29, 1.82) is 0 Å². The van der Waals surface area contributed by atoms with Crippen LogP contribution < -0.4 is 5.32 Å². The minimum absolute atomic E-state index is 0.0413. The van der Waals surface area contributed by atoms with Crippen molar-refractivity contribution < 1.29 is 26.8 Å². The maximum absolute atomic E-state index is 12.8. The molecular formula is C22H24N2O6S. The first-order chi connectivity index (χ1) is 14.9. The van der Waals surface area contributed by atoms with Crippen LogP contribution in [0, 0.1) is 6.92 Å². The van der Waals surface area contributed by atoms with E-state index in [0.717, 1.165) is 24.2 Å². The Morgan fingerprint density at radius 1 is 1.13 bits per heavy atom. The normalized spacial score (nSPS) is 14.7. The first-order valence-electron chi connectivity index (χ1n) is 10.0. The van der Waals surface area contributed by atoms with Crippen LogP contribution in [-0.2, 0) is 28.0 Å². The standard InChI is InChI=1S/C22H24N2O6S/c1-16-21(31(26,27)24-9-2-3-10-24)13-20(30-16)22(25)23-18-7-4-6-17(12-18)14-28-15-19-8-5-11-29-19/h4-8,11-13H,2-3,9-10,14-15H2,1H3,(H,23,25). The summed E-state index contributed by atoms with van der Waals surface area (Å²) in [7, 11) is -3.66. The second kappa shape index (κ2) is 9.09. The quantitative estimate of drug-likeness (QED) is 0.565. The number of nitrogens with one attached hydrogen (secondary N) is 1. The third kappa shape index (κ3) is 4.90. The lowest BCUT2D eigenvalue weighted by atomic mass is 10.2. The van der Waals surface area contributed by atoms with E-state index in [1.807, 2.05) is 12.1 Å².